The molecule has 0 amide bonds. The molecular weight excluding hydrogens is 410 g/mol. The van der Waals surface area contributed by atoms with Crippen molar-refractivity contribution in [2.45, 2.75) is 13.8 Å². The summed E-state index contributed by atoms with van der Waals surface area (Å²) in [4.78, 5) is 11.1. The lowest BCUT2D eigenvalue weighted by Crippen LogP contribution is -2.38. The number of morpholine rings is 1. The summed E-state index contributed by atoms with van der Waals surface area (Å²) in [6.07, 6.45) is 1.53. The number of fused-ring (bicyclic) bond motifs is 1. The summed E-state index contributed by atoms with van der Waals surface area (Å²) in [5.74, 6) is 1.45. The van der Waals surface area contributed by atoms with E-state index in [4.69, 9.17) is 21.7 Å². The minimum absolute atomic E-state index is 0.489. The summed E-state index contributed by atoms with van der Waals surface area (Å²) in [6.45, 7) is 9.13. The highest BCUT2D eigenvalue weighted by atomic mass is 32.1. The molecule has 2 N–H and O–H groups in total. The second-order valence-corrected chi connectivity index (χ2v) is 7.96. The molecular formula is C23H27N5O2S. The molecule has 1 aromatic heterocycles. The van der Waals surface area contributed by atoms with E-state index in [1.165, 1.54) is 6.33 Å². The van der Waals surface area contributed by atoms with Gasteiger partial charge >= 0.3 is 0 Å². The van der Waals surface area contributed by atoms with Crippen LogP contribution in [-0.4, -0.2) is 59.4 Å². The van der Waals surface area contributed by atoms with Crippen LogP contribution in [0.25, 0.3) is 10.9 Å². The number of rotatable bonds is 6. The fourth-order valence-corrected chi connectivity index (χ4v) is 3.81. The van der Waals surface area contributed by atoms with E-state index in [0.29, 0.717) is 17.5 Å². The molecule has 0 atom stereocenters. The van der Waals surface area contributed by atoms with Crippen LogP contribution in [0.2, 0.25) is 0 Å². The predicted molar refractivity (Wildman–Crippen MR) is 128 cm³/mol. The minimum atomic E-state index is 0.489. The van der Waals surface area contributed by atoms with Gasteiger partial charge in [0.05, 0.1) is 18.7 Å². The summed E-state index contributed by atoms with van der Waals surface area (Å²) >= 11 is 5.52. The van der Waals surface area contributed by atoms with Crippen LogP contribution in [0.1, 0.15) is 11.1 Å². The van der Waals surface area contributed by atoms with Crippen LogP contribution in [0.5, 0.6) is 5.75 Å². The van der Waals surface area contributed by atoms with Crippen molar-refractivity contribution in [1.29, 1.82) is 0 Å². The maximum atomic E-state index is 5.94. The van der Waals surface area contributed by atoms with Gasteiger partial charge in [-0.2, -0.15) is 0 Å². The molecule has 2 aromatic carbocycles. The number of hydrogen-bond acceptors (Lipinski definition) is 6. The second kappa shape index (κ2) is 10.00. The quantitative estimate of drug-likeness (QED) is 0.565. The van der Waals surface area contributed by atoms with Crippen LogP contribution in [0, 0.1) is 13.8 Å². The Morgan fingerprint density at radius 1 is 1.10 bits per heavy atom. The van der Waals surface area contributed by atoms with E-state index in [0.717, 1.165) is 66.3 Å². The Labute approximate surface area is 187 Å². The molecule has 8 heteroatoms. The van der Waals surface area contributed by atoms with Crippen molar-refractivity contribution in [3.05, 3.63) is 53.9 Å². The lowest BCUT2D eigenvalue weighted by Gasteiger charge is -2.26. The molecule has 1 saturated heterocycles. The van der Waals surface area contributed by atoms with Gasteiger partial charge in [0.15, 0.2) is 5.11 Å². The largest absolute Gasteiger partial charge is 0.492 e. The van der Waals surface area contributed by atoms with E-state index < -0.39 is 0 Å². The first-order valence-corrected chi connectivity index (χ1v) is 10.8. The molecule has 7 nitrogen and oxygen atoms in total. The van der Waals surface area contributed by atoms with E-state index in [2.05, 4.69) is 51.5 Å². The third kappa shape index (κ3) is 5.46. The minimum Gasteiger partial charge on any atom is -0.492 e. The fourth-order valence-electron chi connectivity index (χ4n) is 3.61. The van der Waals surface area contributed by atoms with Crippen LogP contribution in [-0.2, 0) is 4.74 Å². The number of aryl methyl sites for hydroxylation is 2. The Balaban J connectivity index is 1.41. The molecule has 0 radical (unpaired) electrons. The molecule has 1 aliphatic heterocycles. The second-order valence-electron chi connectivity index (χ2n) is 7.55. The molecule has 0 unspecified atom stereocenters. The monoisotopic (exact) mass is 437 g/mol. The van der Waals surface area contributed by atoms with Gasteiger partial charge in [-0.1, -0.05) is 18.2 Å². The number of aromatic nitrogens is 2. The van der Waals surface area contributed by atoms with E-state index in [1.807, 2.05) is 24.3 Å². The van der Waals surface area contributed by atoms with Crippen molar-refractivity contribution < 1.29 is 9.47 Å². The average Bonchev–Trinajstić information content (AvgIpc) is 2.77. The van der Waals surface area contributed by atoms with Gasteiger partial charge in [-0.25, -0.2) is 9.97 Å². The van der Waals surface area contributed by atoms with Crippen LogP contribution in [0.3, 0.4) is 0 Å². The number of anilines is 2. The average molecular weight is 438 g/mol. The van der Waals surface area contributed by atoms with Crippen molar-refractivity contribution in [2.24, 2.45) is 0 Å². The zero-order valence-corrected chi connectivity index (χ0v) is 18.7. The van der Waals surface area contributed by atoms with Gasteiger partial charge in [0.25, 0.3) is 0 Å². The number of para-hydroxylation sites is 1. The van der Waals surface area contributed by atoms with Gasteiger partial charge in [-0.15, -0.1) is 0 Å². The first kappa shape index (κ1) is 21.4. The van der Waals surface area contributed by atoms with Crippen LogP contribution < -0.4 is 15.4 Å². The van der Waals surface area contributed by atoms with E-state index >= 15 is 0 Å². The number of nitrogens with one attached hydrogen (secondary N) is 2. The summed E-state index contributed by atoms with van der Waals surface area (Å²) in [7, 11) is 0. The zero-order chi connectivity index (χ0) is 21.6. The lowest BCUT2D eigenvalue weighted by atomic mass is 10.1. The molecule has 4 rings (SSSR count). The van der Waals surface area contributed by atoms with E-state index in [1.54, 1.807) is 0 Å². The number of thiocarbonyl (C=S) groups is 1. The molecule has 162 valence electrons. The Bertz CT molecular complexity index is 1050. The fraction of sp³-hybridized carbons (Fsp3) is 0.348. The smallest absolute Gasteiger partial charge is 0.176 e. The Morgan fingerprint density at radius 2 is 1.87 bits per heavy atom. The molecule has 0 saturated carbocycles. The van der Waals surface area contributed by atoms with Crippen molar-refractivity contribution in [2.75, 3.05) is 50.1 Å². The number of ether oxygens (including phenoxy) is 2. The van der Waals surface area contributed by atoms with E-state index in [9.17, 15) is 0 Å². The maximum Gasteiger partial charge on any atom is 0.176 e. The third-order valence-corrected chi connectivity index (χ3v) is 5.54. The standard InChI is InChI=1S/C23H27N5O2S/c1-16-4-3-5-17(2)21(16)26-23(31)27-22-19-7-6-18(14-20(19)24-15-25-22)30-13-10-28-8-11-29-12-9-28/h3-7,14-15H,8-13H2,1-2H3,(H2,24,25,26,27,31). The highest BCUT2D eigenvalue weighted by Gasteiger charge is 2.11. The van der Waals surface area contributed by atoms with Crippen LogP contribution in [0.15, 0.2) is 42.7 Å². The summed E-state index contributed by atoms with van der Waals surface area (Å²) in [5.41, 5.74) is 4.08. The van der Waals surface area contributed by atoms with E-state index in [-0.39, 0.29) is 0 Å². The van der Waals surface area contributed by atoms with Gasteiger partial charge < -0.3 is 20.1 Å². The Hall–Kier alpha value is -2.81. The number of nitrogens with zero attached hydrogens (tertiary/aromatic N) is 3. The molecule has 3 aromatic rings. The van der Waals surface area contributed by atoms with Crippen molar-refractivity contribution in [3.8, 4) is 5.75 Å². The molecule has 31 heavy (non-hydrogen) atoms. The van der Waals surface area contributed by atoms with Crippen LogP contribution in [0.4, 0.5) is 11.5 Å². The SMILES string of the molecule is Cc1cccc(C)c1NC(=S)Nc1ncnc2cc(OCCN3CCOCC3)ccc12. The third-order valence-electron chi connectivity index (χ3n) is 5.34. The summed E-state index contributed by atoms with van der Waals surface area (Å²) < 4.78 is 11.3. The normalized spacial score (nSPS) is 14.4. The highest BCUT2D eigenvalue weighted by molar-refractivity contribution is 7.80. The first-order chi connectivity index (χ1) is 15.1. The molecule has 1 aliphatic rings. The van der Waals surface area contributed by atoms with Crippen molar-refractivity contribution >= 4 is 39.7 Å². The zero-order valence-electron chi connectivity index (χ0n) is 17.9. The topological polar surface area (TPSA) is 71.5 Å². The van der Waals surface area contributed by atoms with Gasteiger partial charge in [0.2, 0.25) is 0 Å². The summed E-state index contributed by atoms with van der Waals surface area (Å²) in [5, 5.41) is 7.86. The molecule has 0 spiro atoms. The Morgan fingerprint density at radius 3 is 2.65 bits per heavy atom. The van der Waals surface area contributed by atoms with Gasteiger partial charge in [0.1, 0.15) is 24.5 Å². The maximum absolute atomic E-state index is 5.94. The summed E-state index contributed by atoms with van der Waals surface area (Å²) in [6, 6.07) is 12.0. The number of benzene rings is 2. The molecule has 1 fully saturated rings. The van der Waals surface area contributed by atoms with Gasteiger partial charge in [0, 0.05) is 36.8 Å². The van der Waals surface area contributed by atoms with Gasteiger partial charge in [-0.3, -0.25) is 4.90 Å². The highest BCUT2D eigenvalue weighted by Crippen LogP contribution is 2.25. The van der Waals surface area contributed by atoms with Crippen LogP contribution >= 0.6 is 12.2 Å². The lowest BCUT2D eigenvalue weighted by molar-refractivity contribution is 0.0322. The predicted octanol–water partition coefficient (Wildman–Crippen LogP) is 3.77. The van der Waals surface area contributed by atoms with Crippen molar-refractivity contribution in [1.82, 2.24) is 14.9 Å². The van der Waals surface area contributed by atoms with Crippen molar-refractivity contribution in [3.63, 3.8) is 0 Å². The molecule has 0 bridgehead atoms. The Kier molecular flexibility index (Phi) is 6.91. The molecule has 2 heterocycles. The number of hydrogen-bond donors (Lipinski definition) is 2. The first-order valence-electron chi connectivity index (χ1n) is 10.4. The van der Waals surface area contributed by atoms with Gasteiger partial charge in [-0.05, 0) is 49.3 Å². The molecule has 0 aliphatic carbocycles.